The van der Waals surface area contributed by atoms with Crippen LogP contribution in [-0.4, -0.2) is 23.1 Å². The van der Waals surface area contributed by atoms with Gasteiger partial charge in [0.05, 0.1) is 0 Å². The number of nitrogens with zero attached hydrogens (tertiary/aromatic N) is 2. The van der Waals surface area contributed by atoms with Gasteiger partial charge in [0.15, 0.2) is 0 Å². The van der Waals surface area contributed by atoms with Gasteiger partial charge in [0, 0.05) is 18.3 Å². The SMILES string of the molecule is CCCc1cc(NCCCCN)ncn1. The Labute approximate surface area is 91.3 Å². The van der Waals surface area contributed by atoms with Crippen LogP contribution in [0, 0.1) is 0 Å². The lowest BCUT2D eigenvalue weighted by Crippen LogP contribution is -2.07. The maximum absolute atomic E-state index is 5.42. The quantitative estimate of drug-likeness (QED) is 0.668. The molecule has 1 rings (SSSR count). The molecule has 0 saturated carbocycles. The summed E-state index contributed by atoms with van der Waals surface area (Å²) in [7, 11) is 0. The molecular formula is C11H20N4. The molecule has 4 nitrogen and oxygen atoms in total. The van der Waals surface area contributed by atoms with Crippen molar-refractivity contribution in [1.82, 2.24) is 9.97 Å². The van der Waals surface area contributed by atoms with E-state index in [9.17, 15) is 0 Å². The second-order valence-electron chi connectivity index (χ2n) is 3.57. The van der Waals surface area contributed by atoms with Crippen LogP contribution in [0.25, 0.3) is 0 Å². The minimum absolute atomic E-state index is 0.756. The van der Waals surface area contributed by atoms with Gasteiger partial charge in [-0.3, -0.25) is 0 Å². The van der Waals surface area contributed by atoms with Gasteiger partial charge < -0.3 is 11.1 Å². The van der Waals surface area contributed by atoms with Crippen molar-refractivity contribution in [3.8, 4) is 0 Å². The Hall–Kier alpha value is -1.16. The molecule has 0 fully saturated rings. The molecule has 0 saturated heterocycles. The Morgan fingerprint density at radius 3 is 2.93 bits per heavy atom. The smallest absolute Gasteiger partial charge is 0.129 e. The topological polar surface area (TPSA) is 63.8 Å². The van der Waals surface area contributed by atoms with E-state index in [1.807, 2.05) is 6.07 Å². The Morgan fingerprint density at radius 2 is 2.20 bits per heavy atom. The number of aromatic nitrogens is 2. The number of aryl methyl sites for hydroxylation is 1. The third kappa shape index (κ3) is 4.74. The van der Waals surface area contributed by atoms with Crippen molar-refractivity contribution in [1.29, 1.82) is 0 Å². The van der Waals surface area contributed by atoms with Crippen molar-refractivity contribution in [2.45, 2.75) is 32.6 Å². The first-order valence-electron chi connectivity index (χ1n) is 5.61. The lowest BCUT2D eigenvalue weighted by molar-refractivity contribution is 0.771. The number of hydrogen-bond donors (Lipinski definition) is 2. The number of anilines is 1. The van der Waals surface area contributed by atoms with Gasteiger partial charge in [-0.15, -0.1) is 0 Å². The lowest BCUT2D eigenvalue weighted by atomic mass is 10.2. The third-order valence-corrected chi connectivity index (χ3v) is 2.17. The average molecular weight is 208 g/mol. The van der Waals surface area contributed by atoms with E-state index in [0.717, 1.165) is 50.3 Å². The van der Waals surface area contributed by atoms with Gasteiger partial charge in [-0.2, -0.15) is 0 Å². The van der Waals surface area contributed by atoms with E-state index in [1.165, 1.54) is 0 Å². The van der Waals surface area contributed by atoms with Crippen LogP contribution in [0.1, 0.15) is 31.9 Å². The summed E-state index contributed by atoms with van der Waals surface area (Å²) < 4.78 is 0. The van der Waals surface area contributed by atoms with Crippen molar-refractivity contribution in [2.24, 2.45) is 5.73 Å². The van der Waals surface area contributed by atoms with Crippen LogP contribution in [0.3, 0.4) is 0 Å². The largest absolute Gasteiger partial charge is 0.370 e. The second-order valence-corrected chi connectivity index (χ2v) is 3.57. The first kappa shape index (κ1) is 11.9. The molecular weight excluding hydrogens is 188 g/mol. The first-order valence-corrected chi connectivity index (χ1v) is 5.61. The molecule has 0 radical (unpaired) electrons. The summed E-state index contributed by atoms with van der Waals surface area (Å²) in [5.74, 6) is 0.922. The van der Waals surface area contributed by atoms with Crippen LogP contribution in [0.4, 0.5) is 5.82 Å². The predicted octanol–water partition coefficient (Wildman–Crippen LogP) is 1.58. The van der Waals surface area contributed by atoms with Gasteiger partial charge in [0.1, 0.15) is 12.1 Å². The fourth-order valence-electron chi connectivity index (χ4n) is 1.37. The minimum Gasteiger partial charge on any atom is -0.370 e. The maximum atomic E-state index is 5.42. The van der Waals surface area contributed by atoms with Gasteiger partial charge in [0.2, 0.25) is 0 Å². The third-order valence-electron chi connectivity index (χ3n) is 2.17. The molecule has 4 heteroatoms. The molecule has 0 spiro atoms. The van der Waals surface area contributed by atoms with Crippen molar-refractivity contribution in [2.75, 3.05) is 18.4 Å². The summed E-state index contributed by atoms with van der Waals surface area (Å²) in [6.45, 7) is 3.84. The molecule has 15 heavy (non-hydrogen) atoms. The van der Waals surface area contributed by atoms with Crippen LogP contribution < -0.4 is 11.1 Å². The first-order chi connectivity index (χ1) is 7.36. The molecule has 1 heterocycles. The normalized spacial score (nSPS) is 10.3. The highest BCUT2D eigenvalue weighted by Crippen LogP contribution is 2.05. The summed E-state index contributed by atoms with van der Waals surface area (Å²) >= 11 is 0. The lowest BCUT2D eigenvalue weighted by Gasteiger charge is -2.05. The number of hydrogen-bond acceptors (Lipinski definition) is 4. The van der Waals surface area contributed by atoms with E-state index in [2.05, 4.69) is 22.2 Å². The Kier molecular flexibility index (Phi) is 5.70. The van der Waals surface area contributed by atoms with Crippen molar-refractivity contribution in [3.05, 3.63) is 18.1 Å². The molecule has 84 valence electrons. The Bertz CT molecular complexity index is 275. The molecule has 1 aromatic heterocycles. The summed E-state index contributed by atoms with van der Waals surface area (Å²) in [6, 6.07) is 2.02. The zero-order valence-corrected chi connectivity index (χ0v) is 9.37. The predicted molar refractivity (Wildman–Crippen MR) is 62.8 cm³/mol. The summed E-state index contributed by atoms with van der Waals surface area (Å²) in [6.07, 6.45) is 5.89. The van der Waals surface area contributed by atoms with Crippen LogP contribution in [0.5, 0.6) is 0 Å². The fraction of sp³-hybridized carbons (Fsp3) is 0.636. The highest BCUT2D eigenvalue weighted by Gasteiger charge is 1.97. The van der Waals surface area contributed by atoms with E-state index < -0.39 is 0 Å². The maximum Gasteiger partial charge on any atom is 0.129 e. The van der Waals surface area contributed by atoms with Crippen molar-refractivity contribution < 1.29 is 0 Å². The summed E-state index contributed by atoms with van der Waals surface area (Å²) in [4.78, 5) is 8.37. The number of nitrogens with two attached hydrogens (primary N) is 1. The number of unbranched alkanes of at least 4 members (excludes halogenated alkanes) is 1. The van der Waals surface area contributed by atoms with Crippen LogP contribution in [0.2, 0.25) is 0 Å². The number of nitrogens with one attached hydrogen (secondary N) is 1. The molecule has 0 amide bonds. The zero-order chi connectivity index (χ0) is 10.9. The van der Waals surface area contributed by atoms with Gasteiger partial charge in [-0.1, -0.05) is 13.3 Å². The molecule has 0 aliphatic heterocycles. The van der Waals surface area contributed by atoms with Crippen LogP contribution in [0.15, 0.2) is 12.4 Å². The van der Waals surface area contributed by atoms with E-state index in [1.54, 1.807) is 6.33 Å². The van der Waals surface area contributed by atoms with Gasteiger partial charge in [-0.25, -0.2) is 9.97 Å². The fourth-order valence-corrected chi connectivity index (χ4v) is 1.37. The van der Waals surface area contributed by atoms with Gasteiger partial charge in [-0.05, 0) is 25.8 Å². The monoisotopic (exact) mass is 208 g/mol. The minimum atomic E-state index is 0.756. The highest BCUT2D eigenvalue weighted by molar-refractivity contribution is 5.34. The van der Waals surface area contributed by atoms with E-state index >= 15 is 0 Å². The molecule has 0 aliphatic carbocycles. The summed E-state index contributed by atoms with van der Waals surface area (Å²) in [5.41, 5.74) is 6.52. The van der Waals surface area contributed by atoms with E-state index in [0.29, 0.717) is 0 Å². The molecule has 0 atom stereocenters. The average Bonchev–Trinajstić information content (AvgIpc) is 2.26. The molecule has 3 N–H and O–H groups in total. The molecule has 0 aromatic carbocycles. The summed E-state index contributed by atoms with van der Waals surface area (Å²) in [5, 5.41) is 3.27. The van der Waals surface area contributed by atoms with Gasteiger partial charge >= 0.3 is 0 Å². The van der Waals surface area contributed by atoms with E-state index in [4.69, 9.17) is 5.73 Å². The number of rotatable bonds is 7. The Morgan fingerprint density at radius 1 is 1.33 bits per heavy atom. The van der Waals surface area contributed by atoms with Crippen LogP contribution in [-0.2, 0) is 6.42 Å². The standard InChI is InChI=1S/C11H20N4/c1-2-5-10-8-11(15-9-14-10)13-7-4-3-6-12/h8-9H,2-7,12H2,1H3,(H,13,14,15). The van der Waals surface area contributed by atoms with Gasteiger partial charge in [0.25, 0.3) is 0 Å². The second kappa shape index (κ2) is 7.17. The molecule has 0 aliphatic rings. The molecule has 0 bridgehead atoms. The molecule has 0 unspecified atom stereocenters. The Balaban J connectivity index is 2.36. The van der Waals surface area contributed by atoms with Crippen LogP contribution >= 0.6 is 0 Å². The molecule has 1 aromatic rings. The van der Waals surface area contributed by atoms with Crippen molar-refractivity contribution >= 4 is 5.82 Å². The highest BCUT2D eigenvalue weighted by atomic mass is 15.0. The zero-order valence-electron chi connectivity index (χ0n) is 9.37. The van der Waals surface area contributed by atoms with E-state index in [-0.39, 0.29) is 0 Å². The van der Waals surface area contributed by atoms with Crippen molar-refractivity contribution in [3.63, 3.8) is 0 Å².